The minimum atomic E-state index is -0.432. The molecule has 0 saturated carbocycles. The van der Waals surface area contributed by atoms with Crippen LogP contribution in [0.25, 0.3) is 10.8 Å². The second-order valence-corrected chi connectivity index (χ2v) is 5.75. The van der Waals surface area contributed by atoms with Crippen molar-refractivity contribution >= 4 is 16.7 Å². The highest BCUT2D eigenvalue weighted by atomic mass is 19.1. The van der Waals surface area contributed by atoms with Crippen LogP contribution in [0.2, 0.25) is 0 Å². The van der Waals surface area contributed by atoms with E-state index in [1.165, 1.54) is 17.0 Å². The summed E-state index contributed by atoms with van der Waals surface area (Å²) in [5, 5.41) is 2.98. The van der Waals surface area contributed by atoms with Crippen LogP contribution in [0.4, 0.5) is 4.39 Å². The van der Waals surface area contributed by atoms with Crippen molar-refractivity contribution in [2.24, 2.45) is 0 Å². The molecular weight excluding hydrogens is 325 g/mol. The Balaban J connectivity index is 1.82. The summed E-state index contributed by atoms with van der Waals surface area (Å²) in [6.45, 7) is -0.0116. The van der Waals surface area contributed by atoms with Crippen molar-refractivity contribution in [1.82, 2.24) is 14.7 Å². The molecule has 0 unspecified atom stereocenters. The lowest BCUT2D eigenvalue weighted by atomic mass is 10.2. The number of aromatic amines is 1. The summed E-state index contributed by atoms with van der Waals surface area (Å²) >= 11 is 0. The Kier molecular flexibility index (Phi) is 4.47. The zero-order chi connectivity index (χ0) is 18.0. The maximum absolute atomic E-state index is 12.9. The van der Waals surface area contributed by atoms with Crippen LogP contribution < -0.4 is 11.1 Å². The number of rotatable bonds is 4. The Morgan fingerprint density at radius 3 is 2.40 bits per heavy atom. The number of hydrogen-bond acceptors (Lipinski definition) is 3. The van der Waals surface area contributed by atoms with Crippen LogP contribution in [0.1, 0.15) is 5.56 Å². The first-order valence-corrected chi connectivity index (χ1v) is 7.66. The third kappa shape index (κ3) is 3.50. The van der Waals surface area contributed by atoms with Gasteiger partial charge in [0.05, 0.1) is 10.8 Å². The quantitative estimate of drug-likeness (QED) is 0.781. The summed E-state index contributed by atoms with van der Waals surface area (Å²) < 4.78 is 13.9. The smallest absolute Gasteiger partial charge is 0.273 e. The molecular formula is C18H16FN3O3. The van der Waals surface area contributed by atoms with E-state index in [1.54, 1.807) is 43.4 Å². The van der Waals surface area contributed by atoms with Crippen LogP contribution in [0.5, 0.6) is 0 Å². The fourth-order valence-corrected chi connectivity index (χ4v) is 2.57. The van der Waals surface area contributed by atoms with Gasteiger partial charge in [-0.15, -0.1) is 0 Å². The number of nitrogens with one attached hydrogen (secondary N) is 1. The highest BCUT2D eigenvalue weighted by molar-refractivity contribution is 5.81. The number of hydrogen-bond donors (Lipinski definition) is 1. The predicted molar refractivity (Wildman–Crippen MR) is 91.7 cm³/mol. The number of fused-ring (bicyclic) bond motifs is 1. The van der Waals surface area contributed by atoms with E-state index in [1.807, 2.05) is 0 Å². The Labute approximate surface area is 142 Å². The van der Waals surface area contributed by atoms with Gasteiger partial charge in [-0.25, -0.2) is 9.07 Å². The summed E-state index contributed by atoms with van der Waals surface area (Å²) in [4.78, 5) is 38.2. The summed E-state index contributed by atoms with van der Waals surface area (Å²) in [5.74, 6) is -0.699. The maximum Gasteiger partial charge on any atom is 0.273 e. The van der Waals surface area contributed by atoms with E-state index in [0.717, 1.165) is 10.2 Å². The van der Waals surface area contributed by atoms with Crippen LogP contribution in [0, 0.1) is 5.82 Å². The van der Waals surface area contributed by atoms with E-state index in [4.69, 9.17) is 0 Å². The fraction of sp³-hybridized carbons (Fsp3) is 0.167. The van der Waals surface area contributed by atoms with Gasteiger partial charge in [-0.3, -0.25) is 19.5 Å². The first-order chi connectivity index (χ1) is 12.0. The molecule has 128 valence electrons. The number of amides is 1. The molecule has 7 heteroatoms. The predicted octanol–water partition coefficient (Wildman–Crippen LogP) is 1.49. The lowest BCUT2D eigenvalue weighted by molar-refractivity contribution is -0.131. The zero-order valence-corrected chi connectivity index (χ0v) is 13.5. The lowest BCUT2D eigenvalue weighted by Gasteiger charge is -2.18. The van der Waals surface area contributed by atoms with E-state index >= 15 is 0 Å². The van der Waals surface area contributed by atoms with Crippen molar-refractivity contribution in [3.63, 3.8) is 0 Å². The van der Waals surface area contributed by atoms with Crippen LogP contribution in [-0.4, -0.2) is 27.6 Å². The number of likely N-dealkylation sites (N-methyl/N-ethyl adjacent to an activating group) is 1. The zero-order valence-electron chi connectivity index (χ0n) is 13.5. The Hall–Kier alpha value is -3.22. The molecule has 1 amide bonds. The van der Waals surface area contributed by atoms with Crippen molar-refractivity contribution in [3.8, 4) is 0 Å². The van der Waals surface area contributed by atoms with Gasteiger partial charge >= 0.3 is 0 Å². The second kappa shape index (κ2) is 6.72. The molecule has 0 aliphatic rings. The molecule has 0 bridgehead atoms. The highest BCUT2D eigenvalue weighted by Gasteiger charge is 2.13. The van der Waals surface area contributed by atoms with E-state index in [-0.39, 0.29) is 35.6 Å². The molecule has 1 heterocycles. The molecule has 25 heavy (non-hydrogen) atoms. The number of carbonyl (C=O) groups is 1. The number of carbonyl (C=O) groups excluding carboxylic acids is 1. The normalized spacial score (nSPS) is 10.8. The average Bonchev–Trinajstić information content (AvgIpc) is 2.61. The van der Waals surface area contributed by atoms with Gasteiger partial charge in [-0.1, -0.05) is 24.3 Å². The van der Waals surface area contributed by atoms with E-state index < -0.39 is 11.1 Å². The summed E-state index contributed by atoms with van der Waals surface area (Å²) in [6.07, 6.45) is 0. The molecule has 3 rings (SSSR count). The van der Waals surface area contributed by atoms with Crippen LogP contribution in [-0.2, 0) is 17.9 Å². The molecule has 0 saturated heterocycles. The minimum Gasteiger partial charge on any atom is -0.340 e. The molecule has 1 aromatic heterocycles. The van der Waals surface area contributed by atoms with E-state index in [0.29, 0.717) is 0 Å². The molecule has 2 aromatic carbocycles. The van der Waals surface area contributed by atoms with E-state index in [9.17, 15) is 18.8 Å². The highest BCUT2D eigenvalue weighted by Crippen LogP contribution is 2.06. The van der Waals surface area contributed by atoms with Crippen molar-refractivity contribution in [2.75, 3.05) is 7.05 Å². The van der Waals surface area contributed by atoms with E-state index in [2.05, 4.69) is 5.10 Å². The summed E-state index contributed by atoms with van der Waals surface area (Å²) in [5.41, 5.74) is -0.0977. The first-order valence-electron chi connectivity index (χ1n) is 7.66. The number of halogens is 1. The van der Waals surface area contributed by atoms with Crippen LogP contribution in [0.15, 0.2) is 58.1 Å². The van der Waals surface area contributed by atoms with Gasteiger partial charge in [0.15, 0.2) is 0 Å². The van der Waals surface area contributed by atoms with Crippen molar-refractivity contribution < 1.29 is 9.18 Å². The molecule has 0 aliphatic carbocycles. The number of nitrogens with zero attached hydrogens (tertiary/aromatic N) is 2. The van der Waals surface area contributed by atoms with Crippen LogP contribution in [0.3, 0.4) is 0 Å². The van der Waals surface area contributed by atoms with Gasteiger partial charge < -0.3 is 4.90 Å². The largest absolute Gasteiger partial charge is 0.340 e. The van der Waals surface area contributed by atoms with Gasteiger partial charge in [0.1, 0.15) is 12.4 Å². The number of H-pyrrole nitrogens is 1. The summed E-state index contributed by atoms with van der Waals surface area (Å²) in [7, 11) is 1.58. The molecule has 0 aliphatic heterocycles. The lowest BCUT2D eigenvalue weighted by Crippen LogP contribution is -2.37. The Bertz CT molecular complexity index is 1040. The van der Waals surface area contributed by atoms with Gasteiger partial charge in [-0.2, -0.15) is 0 Å². The third-order valence-electron chi connectivity index (χ3n) is 3.94. The third-order valence-corrected chi connectivity index (χ3v) is 3.94. The fourth-order valence-electron chi connectivity index (χ4n) is 2.57. The minimum absolute atomic E-state index is 0.264. The van der Waals surface area contributed by atoms with Crippen molar-refractivity contribution in [3.05, 3.63) is 80.6 Å². The molecule has 1 N–H and O–H groups in total. The van der Waals surface area contributed by atoms with Gasteiger partial charge in [0.2, 0.25) is 5.91 Å². The Morgan fingerprint density at radius 1 is 1.08 bits per heavy atom. The molecule has 0 fully saturated rings. The molecule has 3 aromatic rings. The standard InChI is InChI=1S/C18H16FN3O3/c1-21(10-12-6-8-13(19)9-7-12)16(23)11-22-18(25)15-5-3-2-4-14(15)17(24)20-22/h2-9H,10-11H2,1H3,(H,20,24). The average molecular weight is 341 g/mol. The maximum atomic E-state index is 12.9. The van der Waals surface area contributed by atoms with Gasteiger partial charge in [-0.05, 0) is 29.8 Å². The van der Waals surface area contributed by atoms with Crippen molar-refractivity contribution in [1.29, 1.82) is 0 Å². The Morgan fingerprint density at radius 2 is 1.72 bits per heavy atom. The number of aromatic nitrogens is 2. The molecule has 6 nitrogen and oxygen atoms in total. The second-order valence-electron chi connectivity index (χ2n) is 5.75. The number of benzene rings is 2. The van der Waals surface area contributed by atoms with Gasteiger partial charge in [0.25, 0.3) is 11.1 Å². The summed E-state index contributed by atoms with van der Waals surface area (Å²) in [6, 6.07) is 12.3. The molecule has 0 radical (unpaired) electrons. The first kappa shape index (κ1) is 16.6. The van der Waals surface area contributed by atoms with Crippen molar-refractivity contribution in [2.45, 2.75) is 13.1 Å². The van der Waals surface area contributed by atoms with Crippen LogP contribution >= 0.6 is 0 Å². The molecule has 0 spiro atoms. The monoisotopic (exact) mass is 341 g/mol. The molecule has 0 atom stereocenters. The van der Waals surface area contributed by atoms with Gasteiger partial charge in [0, 0.05) is 13.6 Å². The SMILES string of the molecule is CN(Cc1ccc(F)cc1)C(=O)Cn1[nH]c(=O)c2ccccc2c1=O. The topological polar surface area (TPSA) is 75.2 Å².